The van der Waals surface area contributed by atoms with Crippen molar-refractivity contribution in [3.8, 4) is 0 Å². The zero-order valence-corrected chi connectivity index (χ0v) is 15.3. The Morgan fingerprint density at radius 2 is 1.77 bits per heavy atom. The lowest BCUT2D eigenvalue weighted by atomic mass is 10.1. The van der Waals surface area contributed by atoms with Gasteiger partial charge in [-0.15, -0.1) is 5.10 Å². The van der Waals surface area contributed by atoms with E-state index in [0.29, 0.717) is 5.69 Å². The van der Waals surface area contributed by atoms with Crippen molar-refractivity contribution < 1.29 is 5.11 Å². The average Bonchev–Trinajstić information content (AvgIpc) is 3.30. The van der Waals surface area contributed by atoms with Crippen LogP contribution in [0.15, 0.2) is 78.0 Å². The Bertz CT molecular complexity index is 894. The Morgan fingerprint density at radius 3 is 2.50 bits per heavy atom. The summed E-state index contributed by atoms with van der Waals surface area (Å²) in [7, 11) is 0. The summed E-state index contributed by atoms with van der Waals surface area (Å²) in [5.74, 6) is 0. The normalized spacial score (nSPS) is 18.0. The maximum Gasteiger partial charge on any atom is 0.176 e. The molecule has 6 heteroatoms. The predicted molar refractivity (Wildman–Crippen MR) is 103 cm³/mol. The van der Waals surface area contributed by atoms with Crippen LogP contribution < -0.4 is 0 Å². The van der Waals surface area contributed by atoms with Gasteiger partial charge in [0.1, 0.15) is 11.8 Å². The van der Waals surface area contributed by atoms with Crippen LogP contribution in [0.1, 0.15) is 35.3 Å². The molecule has 0 aliphatic carbocycles. The topological polar surface area (TPSA) is 54.2 Å². The Hall–Kier alpha value is -2.57. The zero-order chi connectivity index (χ0) is 17.9. The van der Waals surface area contributed by atoms with Gasteiger partial charge >= 0.3 is 0 Å². The molecule has 132 valence electrons. The van der Waals surface area contributed by atoms with Crippen molar-refractivity contribution >= 4 is 11.8 Å². The molecule has 2 unspecified atom stereocenters. The van der Waals surface area contributed by atoms with Crippen LogP contribution in [0.25, 0.3) is 0 Å². The lowest BCUT2D eigenvalue weighted by Crippen LogP contribution is -2.26. The van der Waals surface area contributed by atoms with E-state index in [0.717, 1.165) is 12.1 Å². The van der Waals surface area contributed by atoms with Gasteiger partial charge in [0.15, 0.2) is 5.50 Å². The highest BCUT2D eigenvalue weighted by Crippen LogP contribution is 2.39. The summed E-state index contributed by atoms with van der Waals surface area (Å²) in [5, 5.41) is 21.2. The van der Waals surface area contributed by atoms with Crippen molar-refractivity contribution in [2.24, 2.45) is 0 Å². The van der Waals surface area contributed by atoms with E-state index in [1.807, 2.05) is 47.3 Å². The van der Waals surface area contributed by atoms with Crippen LogP contribution >= 0.6 is 11.8 Å². The van der Waals surface area contributed by atoms with Gasteiger partial charge in [0.2, 0.25) is 0 Å². The Balaban J connectivity index is 1.55. The first kappa shape index (κ1) is 16.9. The number of aromatic nitrogens is 3. The largest absolute Gasteiger partial charge is 0.382 e. The molecule has 3 aromatic rings. The first-order chi connectivity index (χ1) is 12.7. The minimum atomic E-state index is -0.770. The van der Waals surface area contributed by atoms with Gasteiger partial charge < -0.3 is 10.0 Å². The molecule has 0 spiro atoms. The van der Waals surface area contributed by atoms with E-state index in [-0.39, 0.29) is 5.50 Å². The summed E-state index contributed by atoms with van der Waals surface area (Å²) in [6, 6.07) is 19.9. The molecule has 2 heterocycles. The van der Waals surface area contributed by atoms with Crippen molar-refractivity contribution in [1.82, 2.24) is 19.9 Å². The van der Waals surface area contributed by atoms with Crippen LogP contribution in [-0.4, -0.2) is 25.0 Å². The van der Waals surface area contributed by atoms with Gasteiger partial charge in [0, 0.05) is 12.2 Å². The molecule has 4 rings (SSSR count). The molecular formula is C20H20N4OS. The predicted octanol–water partition coefficient (Wildman–Crippen LogP) is 3.93. The van der Waals surface area contributed by atoms with Crippen LogP contribution in [0.4, 0.5) is 0 Å². The summed E-state index contributed by atoms with van der Waals surface area (Å²) >= 11 is 1.69. The number of aliphatic hydroxyl groups is 1. The Labute approximate surface area is 157 Å². The average molecular weight is 364 g/mol. The fourth-order valence-electron chi connectivity index (χ4n) is 2.99. The van der Waals surface area contributed by atoms with E-state index >= 15 is 0 Å². The number of nitrogens with zero attached hydrogens (tertiary/aromatic N) is 4. The second-order valence-corrected chi connectivity index (χ2v) is 7.20. The zero-order valence-electron chi connectivity index (χ0n) is 14.4. The quantitative estimate of drug-likeness (QED) is 0.743. The number of hydrogen-bond donors (Lipinski definition) is 1. The van der Waals surface area contributed by atoms with E-state index in [4.69, 9.17) is 0 Å². The minimum Gasteiger partial charge on any atom is -0.382 e. The van der Waals surface area contributed by atoms with Gasteiger partial charge in [-0.05, 0) is 23.5 Å². The second kappa shape index (κ2) is 7.35. The van der Waals surface area contributed by atoms with Crippen LogP contribution in [0.5, 0.6) is 0 Å². The lowest BCUT2D eigenvalue weighted by Gasteiger charge is -2.27. The maximum absolute atomic E-state index is 10.6. The molecule has 1 aliphatic heterocycles. The SMILES string of the molecule is CC1=CSC(n2cc(C(O)c3ccccc3)nn2)N1Cc1ccccc1. The molecule has 1 aromatic heterocycles. The molecule has 2 atom stereocenters. The molecule has 0 saturated heterocycles. The van der Waals surface area contributed by atoms with Crippen molar-refractivity contribution in [2.45, 2.75) is 25.1 Å². The first-order valence-electron chi connectivity index (χ1n) is 8.50. The summed E-state index contributed by atoms with van der Waals surface area (Å²) in [4.78, 5) is 2.29. The van der Waals surface area contributed by atoms with Crippen molar-refractivity contribution in [1.29, 1.82) is 0 Å². The third kappa shape index (κ3) is 3.38. The summed E-state index contributed by atoms with van der Waals surface area (Å²) in [5.41, 5.74) is 3.82. The van der Waals surface area contributed by atoms with Gasteiger partial charge in [-0.1, -0.05) is 77.6 Å². The Morgan fingerprint density at radius 1 is 1.08 bits per heavy atom. The molecule has 26 heavy (non-hydrogen) atoms. The fourth-order valence-corrected chi connectivity index (χ4v) is 4.06. The molecular weight excluding hydrogens is 344 g/mol. The van der Waals surface area contributed by atoms with E-state index < -0.39 is 6.10 Å². The third-order valence-electron chi connectivity index (χ3n) is 4.43. The van der Waals surface area contributed by atoms with Gasteiger partial charge in [-0.25, -0.2) is 4.68 Å². The molecule has 0 bridgehead atoms. The molecule has 1 aliphatic rings. The standard InChI is InChI=1S/C20H20N4OS/c1-15-14-26-20(23(15)12-16-8-4-2-5-9-16)24-13-18(21-22-24)19(25)17-10-6-3-7-11-17/h2-11,13-14,19-20,25H,12H2,1H3. The lowest BCUT2D eigenvalue weighted by molar-refractivity contribution is 0.215. The first-order valence-corrected chi connectivity index (χ1v) is 9.44. The number of thioether (sulfide) groups is 1. The van der Waals surface area contributed by atoms with Gasteiger partial charge in [0.05, 0.1) is 6.20 Å². The summed E-state index contributed by atoms with van der Waals surface area (Å²) in [6.45, 7) is 2.91. The fraction of sp³-hybridized carbons (Fsp3) is 0.200. The number of hydrogen-bond acceptors (Lipinski definition) is 5. The van der Waals surface area contributed by atoms with Crippen molar-refractivity contribution in [2.75, 3.05) is 0 Å². The van der Waals surface area contributed by atoms with Crippen LogP contribution in [-0.2, 0) is 6.54 Å². The monoisotopic (exact) mass is 364 g/mol. The van der Waals surface area contributed by atoms with Gasteiger partial charge in [-0.3, -0.25) is 0 Å². The number of rotatable bonds is 5. The highest BCUT2D eigenvalue weighted by atomic mass is 32.2. The van der Waals surface area contributed by atoms with Crippen LogP contribution in [0.3, 0.4) is 0 Å². The van der Waals surface area contributed by atoms with E-state index in [2.05, 4.69) is 51.8 Å². The van der Waals surface area contributed by atoms with Crippen molar-refractivity contribution in [3.05, 3.63) is 94.8 Å². The molecule has 0 amide bonds. The molecule has 5 nitrogen and oxygen atoms in total. The highest BCUT2D eigenvalue weighted by Gasteiger charge is 2.28. The maximum atomic E-state index is 10.6. The van der Waals surface area contributed by atoms with Gasteiger partial charge in [-0.2, -0.15) is 0 Å². The molecule has 0 radical (unpaired) electrons. The number of allylic oxidation sites excluding steroid dienone is 1. The van der Waals surface area contributed by atoms with E-state index in [1.165, 1.54) is 11.3 Å². The summed E-state index contributed by atoms with van der Waals surface area (Å²) in [6.07, 6.45) is 1.06. The van der Waals surface area contributed by atoms with Crippen LogP contribution in [0.2, 0.25) is 0 Å². The van der Waals surface area contributed by atoms with E-state index in [9.17, 15) is 5.11 Å². The molecule has 0 fully saturated rings. The summed E-state index contributed by atoms with van der Waals surface area (Å²) < 4.78 is 1.82. The van der Waals surface area contributed by atoms with Crippen LogP contribution in [0, 0.1) is 0 Å². The van der Waals surface area contributed by atoms with Crippen molar-refractivity contribution in [3.63, 3.8) is 0 Å². The third-order valence-corrected chi connectivity index (χ3v) is 5.62. The Kier molecular flexibility index (Phi) is 4.77. The number of benzene rings is 2. The number of aliphatic hydroxyl groups excluding tert-OH is 1. The van der Waals surface area contributed by atoms with Gasteiger partial charge in [0.25, 0.3) is 0 Å². The second-order valence-electron chi connectivity index (χ2n) is 6.27. The molecule has 1 N–H and O–H groups in total. The molecule has 2 aromatic carbocycles. The molecule has 0 saturated carbocycles. The smallest absolute Gasteiger partial charge is 0.176 e. The highest BCUT2D eigenvalue weighted by molar-refractivity contribution is 8.02. The minimum absolute atomic E-state index is 0.000528. The van der Waals surface area contributed by atoms with E-state index in [1.54, 1.807) is 11.8 Å².